The van der Waals surface area contributed by atoms with Gasteiger partial charge in [0.05, 0.1) is 43.6 Å². The molecule has 2 aromatic carbocycles. The van der Waals surface area contributed by atoms with Crippen LogP contribution in [0.25, 0.3) is 32.4 Å². The summed E-state index contributed by atoms with van der Waals surface area (Å²) in [5.74, 6) is -8.19. The average molecular weight is 809 g/mol. The molecule has 1 fully saturated rings. The molecule has 2 aliphatic carbocycles. The van der Waals surface area contributed by atoms with E-state index in [1.807, 2.05) is 0 Å². The second-order valence-electron chi connectivity index (χ2n) is 13.4. The number of benzene rings is 2. The van der Waals surface area contributed by atoms with Gasteiger partial charge in [-0.1, -0.05) is 17.7 Å². The van der Waals surface area contributed by atoms with Crippen LogP contribution in [0.1, 0.15) is 58.0 Å². The number of fused-ring (bicyclic) bond motifs is 5. The summed E-state index contributed by atoms with van der Waals surface area (Å²) >= 11 is 7.90. The molecule has 0 saturated heterocycles. The molecule has 2 aliphatic rings. The van der Waals surface area contributed by atoms with Crippen molar-refractivity contribution >= 4 is 65.9 Å². The van der Waals surface area contributed by atoms with Crippen LogP contribution < -0.4 is 10.0 Å². The number of nitrogens with zero attached hydrogens (tertiary/aromatic N) is 6. The van der Waals surface area contributed by atoms with E-state index in [1.165, 1.54) is 22.1 Å². The minimum atomic E-state index is -3.80. The SMILES string of the molecule is Cc1nc2nc([C@H](Cc3cc(F)cc(F)c3)NC(=O)Cn3nc(C(F)F)c4c3C(F)(F)[C@@H]3C[C@H]43)c(-c3ccc(Cl)c4c(NS(C)(=O)=O)nn(C)c34)cc2s1. The maximum absolute atomic E-state index is 15.3. The Kier molecular flexibility index (Phi) is 8.49. The van der Waals surface area contributed by atoms with Gasteiger partial charge in [-0.05, 0) is 55.5 Å². The molecule has 3 atom stereocenters. The highest BCUT2D eigenvalue weighted by Crippen LogP contribution is 2.68. The van der Waals surface area contributed by atoms with Crippen LogP contribution in [-0.2, 0) is 40.8 Å². The number of alkyl halides is 4. The molecule has 6 aromatic rings. The molecular weight excluding hydrogens is 782 g/mol. The largest absolute Gasteiger partial charge is 0.346 e. The molecule has 20 heteroatoms. The Morgan fingerprint density at radius 3 is 2.48 bits per heavy atom. The molecule has 2 N–H and O–H groups in total. The van der Waals surface area contributed by atoms with Crippen LogP contribution in [0.4, 0.5) is 32.2 Å². The monoisotopic (exact) mass is 808 g/mol. The first-order valence-corrected chi connectivity index (χ1v) is 19.4. The van der Waals surface area contributed by atoms with Crippen molar-refractivity contribution in [2.24, 2.45) is 13.0 Å². The van der Waals surface area contributed by atoms with E-state index in [2.05, 4.69) is 25.2 Å². The lowest BCUT2D eigenvalue weighted by Gasteiger charge is -2.23. The minimum absolute atomic E-state index is 0.0390. The van der Waals surface area contributed by atoms with Gasteiger partial charge in [0.2, 0.25) is 15.9 Å². The highest BCUT2D eigenvalue weighted by atomic mass is 35.5. The summed E-state index contributed by atoms with van der Waals surface area (Å²) in [6.07, 6.45) is -2.44. The Hall–Kier alpha value is -4.75. The summed E-state index contributed by atoms with van der Waals surface area (Å²) in [5, 5.41) is 11.9. The van der Waals surface area contributed by atoms with E-state index in [1.54, 1.807) is 26.1 Å². The van der Waals surface area contributed by atoms with Gasteiger partial charge in [0.25, 0.3) is 12.3 Å². The number of carbonyl (C=O) groups excluding carboxylic acids is 1. The third-order valence-electron chi connectivity index (χ3n) is 9.52. The molecule has 0 radical (unpaired) electrons. The summed E-state index contributed by atoms with van der Waals surface area (Å²) in [4.78, 5) is 23.2. The van der Waals surface area contributed by atoms with Gasteiger partial charge >= 0.3 is 0 Å². The lowest BCUT2D eigenvalue weighted by molar-refractivity contribution is -0.123. The van der Waals surface area contributed by atoms with E-state index in [4.69, 9.17) is 16.6 Å². The van der Waals surface area contributed by atoms with Gasteiger partial charge in [0, 0.05) is 35.7 Å². The van der Waals surface area contributed by atoms with Gasteiger partial charge < -0.3 is 5.32 Å². The number of carbonyl (C=O) groups is 1. The fourth-order valence-corrected chi connectivity index (χ4v) is 8.99. The van der Waals surface area contributed by atoms with Gasteiger partial charge in [0.1, 0.15) is 29.6 Å². The second-order valence-corrected chi connectivity index (χ2v) is 16.8. The van der Waals surface area contributed by atoms with E-state index in [9.17, 15) is 30.8 Å². The van der Waals surface area contributed by atoms with Gasteiger partial charge in [-0.2, -0.15) is 19.0 Å². The molecule has 1 amide bonds. The number of aromatic nitrogens is 6. The zero-order valence-electron chi connectivity index (χ0n) is 28.3. The molecule has 0 bridgehead atoms. The molecular formula is C34H27ClF6N8O3S2. The van der Waals surface area contributed by atoms with Gasteiger partial charge in [0.15, 0.2) is 11.5 Å². The number of hydrogen-bond acceptors (Lipinski definition) is 8. The molecule has 0 unspecified atom stereocenters. The zero-order chi connectivity index (χ0) is 38.6. The smallest absolute Gasteiger partial charge is 0.293 e. The fraction of sp³-hybridized carbons (Fsp3) is 0.324. The Morgan fingerprint density at radius 1 is 1.07 bits per heavy atom. The molecule has 11 nitrogen and oxygen atoms in total. The quantitative estimate of drug-likeness (QED) is 0.139. The van der Waals surface area contributed by atoms with Crippen molar-refractivity contribution < 1.29 is 39.6 Å². The summed E-state index contributed by atoms with van der Waals surface area (Å²) in [5.41, 5.74) is -0.156. The highest BCUT2D eigenvalue weighted by molar-refractivity contribution is 7.92. The number of aryl methyl sites for hydroxylation is 2. The van der Waals surface area contributed by atoms with Crippen LogP contribution in [0.5, 0.6) is 0 Å². The predicted octanol–water partition coefficient (Wildman–Crippen LogP) is 7.30. The molecule has 8 rings (SSSR count). The Morgan fingerprint density at radius 2 is 1.80 bits per heavy atom. The third kappa shape index (κ3) is 6.24. The lowest BCUT2D eigenvalue weighted by atomic mass is 9.94. The van der Waals surface area contributed by atoms with E-state index in [0.717, 1.165) is 18.4 Å². The molecule has 282 valence electrons. The zero-order valence-corrected chi connectivity index (χ0v) is 30.7. The van der Waals surface area contributed by atoms with E-state index >= 15 is 8.78 Å². The molecule has 54 heavy (non-hydrogen) atoms. The van der Waals surface area contributed by atoms with Gasteiger partial charge in [-0.3, -0.25) is 18.9 Å². The van der Waals surface area contributed by atoms with Crippen LogP contribution >= 0.6 is 22.9 Å². The first kappa shape index (κ1) is 36.2. The van der Waals surface area contributed by atoms with Crippen molar-refractivity contribution in [1.82, 2.24) is 34.8 Å². The Balaban J connectivity index is 1.28. The van der Waals surface area contributed by atoms with Crippen molar-refractivity contribution in [3.8, 4) is 11.1 Å². The second kappa shape index (κ2) is 12.7. The highest BCUT2D eigenvalue weighted by Gasteiger charge is 2.67. The number of rotatable bonds is 10. The normalized spacial score (nSPS) is 18.0. The van der Waals surface area contributed by atoms with Crippen LogP contribution in [0.2, 0.25) is 5.02 Å². The number of amides is 1. The molecule has 1 saturated carbocycles. The first-order valence-electron chi connectivity index (χ1n) is 16.3. The molecule has 0 aliphatic heterocycles. The van der Waals surface area contributed by atoms with Crippen LogP contribution in [-0.4, -0.2) is 50.1 Å². The van der Waals surface area contributed by atoms with Crippen LogP contribution in [0.15, 0.2) is 36.4 Å². The van der Waals surface area contributed by atoms with E-state index in [-0.39, 0.29) is 51.5 Å². The minimum Gasteiger partial charge on any atom is -0.346 e. The first-order chi connectivity index (χ1) is 25.4. The summed E-state index contributed by atoms with van der Waals surface area (Å²) < 4.78 is 117. The van der Waals surface area contributed by atoms with Gasteiger partial charge in [-0.25, -0.2) is 35.9 Å². The van der Waals surface area contributed by atoms with Crippen molar-refractivity contribution in [2.45, 2.75) is 50.6 Å². The predicted molar refractivity (Wildman–Crippen MR) is 188 cm³/mol. The summed E-state index contributed by atoms with van der Waals surface area (Å²) in [7, 11) is -2.24. The van der Waals surface area contributed by atoms with Gasteiger partial charge in [-0.15, -0.1) is 11.3 Å². The lowest BCUT2D eigenvalue weighted by Crippen LogP contribution is -2.35. The summed E-state index contributed by atoms with van der Waals surface area (Å²) in [6.45, 7) is 0.875. The number of pyridine rings is 1. The third-order valence-corrected chi connectivity index (χ3v) is 11.3. The number of thiazole rings is 1. The van der Waals surface area contributed by atoms with E-state index < -0.39 is 75.7 Å². The standard InChI is InChI=1S/C34H27ClF6N8O3S2/c1-13-42-32-23(53-13)11-18(17-4-5-21(35)26-29(17)48(2)46-33(26)47-54(3,51)52)27(44-32)22(8-14-6-15(36)9-16(37)7-14)43-24(50)12-49-30-25(28(45-49)31(38)39)19-10-20(19)34(30,40)41/h4-7,9,11,19-20,22,31H,8,10,12H2,1-3H3,(H,43,50)(H,46,47)/t19-,20+,22-/m0/s1. The van der Waals surface area contributed by atoms with Crippen molar-refractivity contribution in [2.75, 3.05) is 11.0 Å². The van der Waals surface area contributed by atoms with Crippen molar-refractivity contribution in [1.29, 1.82) is 0 Å². The Labute approximate surface area is 311 Å². The number of hydrogen-bond donors (Lipinski definition) is 2. The average Bonchev–Trinajstić information content (AvgIpc) is 3.37. The molecule has 4 aromatic heterocycles. The number of halogens is 7. The maximum Gasteiger partial charge on any atom is 0.293 e. The summed E-state index contributed by atoms with van der Waals surface area (Å²) in [6, 6.07) is 6.42. The van der Waals surface area contributed by atoms with E-state index in [0.29, 0.717) is 37.1 Å². The van der Waals surface area contributed by atoms with Crippen molar-refractivity contribution in [3.05, 3.63) is 86.3 Å². The fourth-order valence-electron chi connectivity index (χ4n) is 7.44. The maximum atomic E-state index is 15.3. The number of nitrogens with one attached hydrogen (secondary N) is 2. The van der Waals surface area contributed by atoms with Crippen LogP contribution in [0, 0.1) is 24.5 Å². The topological polar surface area (TPSA) is 137 Å². The molecule has 0 spiro atoms. The number of sulfonamides is 1. The van der Waals surface area contributed by atoms with Crippen LogP contribution in [0.3, 0.4) is 0 Å². The number of anilines is 1. The van der Waals surface area contributed by atoms with Crippen molar-refractivity contribution in [3.63, 3.8) is 0 Å². The Bertz CT molecular complexity index is 2640. The molecule has 4 heterocycles.